The van der Waals surface area contributed by atoms with Gasteiger partial charge in [-0.3, -0.25) is 0 Å². The lowest BCUT2D eigenvalue weighted by Crippen LogP contribution is -2.66. The van der Waals surface area contributed by atoms with E-state index in [1.165, 1.54) is 0 Å². The van der Waals surface area contributed by atoms with Crippen molar-refractivity contribution in [3.8, 4) is 0 Å². The lowest BCUT2D eigenvalue weighted by molar-refractivity contribution is -0.391. The average molecular weight is 504 g/mol. The number of hydrogen-bond acceptors (Lipinski definition) is 16. The summed E-state index contributed by atoms with van der Waals surface area (Å²) in [5.74, 6) is 0. The first-order valence-corrected chi connectivity index (χ1v) is 10.6. The summed E-state index contributed by atoms with van der Waals surface area (Å²) in [4.78, 5) is 0. The van der Waals surface area contributed by atoms with Gasteiger partial charge in [-0.25, -0.2) is 0 Å². The van der Waals surface area contributed by atoms with Gasteiger partial charge in [-0.1, -0.05) is 0 Å². The second-order valence-corrected chi connectivity index (χ2v) is 8.33. The molecule has 0 radical (unpaired) electrons. The van der Waals surface area contributed by atoms with Crippen molar-refractivity contribution in [2.24, 2.45) is 0 Å². The molecule has 3 saturated heterocycles. The Morgan fingerprint density at radius 2 is 0.853 bits per heavy atom. The third kappa shape index (κ3) is 5.37. The fourth-order valence-corrected chi connectivity index (χ4v) is 4.02. The predicted octanol–water partition coefficient (Wildman–Crippen LogP) is -7.57. The highest BCUT2D eigenvalue weighted by molar-refractivity contribution is 4.95. The zero-order valence-electron chi connectivity index (χ0n) is 17.7. The second-order valence-electron chi connectivity index (χ2n) is 8.33. The molecule has 0 unspecified atom stereocenters. The molecule has 0 aromatic carbocycles. The van der Waals surface area contributed by atoms with Crippen molar-refractivity contribution in [1.29, 1.82) is 0 Å². The second kappa shape index (κ2) is 11.6. The Morgan fingerprint density at radius 1 is 0.441 bits per heavy atom. The summed E-state index contributed by atoms with van der Waals surface area (Å²) in [5.41, 5.74) is 0. The molecule has 3 heterocycles. The summed E-state index contributed by atoms with van der Waals surface area (Å²) in [6.07, 6.45) is -25.7. The minimum absolute atomic E-state index is 0.734. The topological polar surface area (TPSA) is 269 Å². The van der Waals surface area contributed by atoms with Gasteiger partial charge in [0.1, 0.15) is 73.2 Å². The van der Waals surface area contributed by atoms with Crippen molar-refractivity contribution in [3.63, 3.8) is 0 Å². The van der Waals surface area contributed by atoms with Crippen molar-refractivity contribution >= 4 is 0 Å². The van der Waals surface area contributed by atoms with Crippen LogP contribution >= 0.6 is 0 Å². The summed E-state index contributed by atoms with van der Waals surface area (Å²) in [6.45, 7) is -2.31. The monoisotopic (exact) mass is 504 g/mol. The molecule has 11 N–H and O–H groups in total. The van der Waals surface area contributed by atoms with Gasteiger partial charge < -0.3 is 79.9 Å². The SMILES string of the molecule is OC[C@H]1O[C@H](O[C@H]2[C@@H](O[C@@H]3[C@@H](O)[C@@H](O)[C@@H](CO)O[C@@H]3O)O[C@H](CO)[C@H](O)[C@@H]2O)[C@H](O)[C@@H](O)[C@H]1O. The van der Waals surface area contributed by atoms with Crippen LogP contribution in [0.4, 0.5) is 0 Å². The fourth-order valence-electron chi connectivity index (χ4n) is 4.02. The number of aliphatic hydroxyl groups excluding tert-OH is 11. The molecule has 3 aliphatic rings. The van der Waals surface area contributed by atoms with Crippen LogP contribution in [-0.2, 0) is 23.7 Å². The Morgan fingerprint density at radius 3 is 1.38 bits per heavy atom. The van der Waals surface area contributed by atoms with E-state index >= 15 is 0 Å². The van der Waals surface area contributed by atoms with Crippen LogP contribution in [0.5, 0.6) is 0 Å². The third-order valence-corrected chi connectivity index (χ3v) is 6.10. The summed E-state index contributed by atoms with van der Waals surface area (Å²) in [5, 5.41) is 109. The summed E-state index contributed by atoms with van der Waals surface area (Å²) in [6, 6.07) is 0. The van der Waals surface area contributed by atoms with E-state index in [0.717, 1.165) is 0 Å². The Kier molecular flexibility index (Phi) is 9.54. The van der Waals surface area contributed by atoms with Crippen molar-refractivity contribution in [2.75, 3.05) is 19.8 Å². The van der Waals surface area contributed by atoms with E-state index in [9.17, 15) is 56.2 Å². The first-order chi connectivity index (χ1) is 16.0. The van der Waals surface area contributed by atoms with E-state index in [2.05, 4.69) is 0 Å². The van der Waals surface area contributed by atoms with Crippen LogP contribution in [0.25, 0.3) is 0 Å². The van der Waals surface area contributed by atoms with Crippen LogP contribution in [0, 0.1) is 0 Å². The van der Waals surface area contributed by atoms with Crippen LogP contribution in [0.15, 0.2) is 0 Å². The van der Waals surface area contributed by atoms with E-state index in [0.29, 0.717) is 0 Å². The van der Waals surface area contributed by atoms with Crippen LogP contribution in [0.2, 0.25) is 0 Å². The minimum Gasteiger partial charge on any atom is -0.394 e. The Bertz CT molecular complexity index is 639. The lowest BCUT2D eigenvalue weighted by Gasteiger charge is -2.48. The molecule has 0 spiro atoms. The Balaban J connectivity index is 1.82. The Hall–Kier alpha value is -0.640. The van der Waals surface area contributed by atoms with Gasteiger partial charge in [0.05, 0.1) is 19.8 Å². The molecule has 0 bridgehead atoms. The molecule has 0 amide bonds. The highest BCUT2D eigenvalue weighted by atomic mass is 16.8. The van der Waals surface area contributed by atoms with Gasteiger partial charge in [-0.15, -0.1) is 0 Å². The van der Waals surface area contributed by atoms with Crippen molar-refractivity contribution < 1.29 is 79.9 Å². The predicted molar refractivity (Wildman–Crippen MR) is 101 cm³/mol. The van der Waals surface area contributed by atoms with Crippen LogP contribution < -0.4 is 0 Å². The van der Waals surface area contributed by atoms with Gasteiger partial charge in [0, 0.05) is 0 Å². The molecule has 0 saturated carbocycles. The number of ether oxygens (including phenoxy) is 5. The Labute approximate surface area is 192 Å². The smallest absolute Gasteiger partial charge is 0.187 e. The fraction of sp³-hybridized carbons (Fsp3) is 1.00. The van der Waals surface area contributed by atoms with Crippen LogP contribution in [0.3, 0.4) is 0 Å². The van der Waals surface area contributed by atoms with Gasteiger partial charge in [0.15, 0.2) is 18.9 Å². The van der Waals surface area contributed by atoms with Crippen LogP contribution in [-0.4, -0.2) is 168 Å². The van der Waals surface area contributed by atoms with Gasteiger partial charge in [0.25, 0.3) is 0 Å². The molecule has 3 rings (SSSR count). The van der Waals surface area contributed by atoms with Crippen LogP contribution in [0.1, 0.15) is 0 Å². The normalized spacial score (nSPS) is 52.5. The summed E-state index contributed by atoms with van der Waals surface area (Å²) in [7, 11) is 0. The van der Waals surface area contributed by atoms with Crippen molar-refractivity contribution in [1.82, 2.24) is 0 Å². The highest BCUT2D eigenvalue weighted by Crippen LogP contribution is 2.32. The van der Waals surface area contributed by atoms with E-state index in [-0.39, 0.29) is 0 Å². The van der Waals surface area contributed by atoms with Gasteiger partial charge in [-0.05, 0) is 0 Å². The number of aliphatic hydroxyl groups is 11. The molecule has 34 heavy (non-hydrogen) atoms. The maximum Gasteiger partial charge on any atom is 0.187 e. The lowest BCUT2D eigenvalue weighted by atomic mass is 9.96. The molecular formula is C18H32O16. The molecule has 15 atom stereocenters. The van der Waals surface area contributed by atoms with E-state index in [1.54, 1.807) is 0 Å². The standard InChI is InChI=1S/C18H32O16/c19-1-4-8(23)11(26)14(16(29)30-4)33-18-15(12(27)9(24)6(3-21)32-18)34-17-13(28)10(25)7(22)5(2-20)31-17/h4-29H,1-3H2/t4-,5-,6-,7+,8+,9+,10+,11+,12+,13-,14-,15-,16+,17-,18-/m1/s1. The maximum absolute atomic E-state index is 10.6. The highest BCUT2D eigenvalue weighted by Gasteiger charge is 2.53. The van der Waals surface area contributed by atoms with Gasteiger partial charge in [0.2, 0.25) is 0 Å². The number of hydrogen-bond donors (Lipinski definition) is 11. The molecular weight excluding hydrogens is 472 g/mol. The maximum atomic E-state index is 10.6. The largest absolute Gasteiger partial charge is 0.394 e. The number of rotatable bonds is 7. The summed E-state index contributed by atoms with van der Waals surface area (Å²) < 4.78 is 26.5. The molecule has 3 fully saturated rings. The molecule has 200 valence electrons. The summed E-state index contributed by atoms with van der Waals surface area (Å²) >= 11 is 0. The first kappa shape index (κ1) is 27.9. The van der Waals surface area contributed by atoms with Gasteiger partial charge in [-0.2, -0.15) is 0 Å². The van der Waals surface area contributed by atoms with E-state index < -0.39 is 112 Å². The van der Waals surface area contributed by atoms with E-state index in [1.807, 2.05) is 0 Å². The zero-order valence-corrected chi connectivity index (χ0v) is 17.7. The molecule has 3 aliphatic heterocycles. The van der Waals surface area contributed by atoms with Crippen molar-refractivity contribution in [3.05, 3.63) is 0 Å². The van der Waals surface area contributed by atoms with Gasteiger partial charge >= 0.3 is 0 Å². The third-order valence-electron chi connectivity index (χ3n) is 6.10. The first-order valence-electron chi connectivity index (χ1n) is 10.6. The zero-order chi connectivity index (χ0) is 25.3. The molecule has 0 aliphatic carbocycles. The quantitative estimate of drug-likeness (QED) is 0.154. The molecule has 0 aromatic rings. The molecule has 16 nitrogen and oxygen atoms in total. The van der Waals surface area contributed by atoms with E-state index in [4.69, 9.17) is 23.7 Å². The molecule has 16 heteroatoms. The minimum atomic E-state index is -1.90. The average Bonchev–Trinajstić information content (AvgIpc) is 2.83. The molecule has 0 aromatic heterocycles. The van der Waals surface area contributed by atoms with Crippen molar-refractivity contribution in [2.45, 2.75) is 92.1 Å².